The second-order valence-electron chi connectivity index (χ2n) is 7.06. The molecule has 0 radical (unpaired) electrons. The minimum absolute atomic E-state index is 0.181. The van der Waals surface area contributed by atoms with Crippen molar-refractivity contribution in [1.29, 1.82) is 0 Å². The van der Waals surface area contributed by atoms with Crippen LogP contribution < -0.4 is 11.1 Å². The molecule has 0 unspecified atom stereocenters. The first kappa shape index (κ1) is 17.8. The highest BCUT2D eigenvalue weighted by molar-refractivity contribution is 5.85. The SMILES string of the molecule is Nc1ncnc2ccc(-c3cc(F)cc(CNC4CCC(O)CC4)c3)nc12. The van der Waals surface area contributed by atoms with Gasteiger partial charge in [0.25, 0.3) is 0 Å². The van der Waals surface area contributed by atoms with Gasteiger partial charge in [0.05, 0.1) is 17.3 Å². The van der Waals surface area contributed by atoms with Crippen molar-refractivity contribution in [3.63, 3.8) is 0 Å². The number of aliphatic hydroxyl groups is 1. The molecule has 0 spiro atoms. The number of hydrogen-bond acceptors (Lipinski definition) is 6. The second-order valence-corrected chi connectivity index (χ2v) is 7.06. The van der Waals surface area contributed by atoms with E-state index in [4.69, 9.17) is 5.73 Å². The number of nitrogens with two attached hydrogens (primary N) is 1. The van der Waals surface area contributed by atoms with E-state index in [1.807, 2.05) is 18.2 Å². The first-order valence-corrected chi connectivity index (χ1v) is 9.17. The molecule has 4 rings (SSSR count). The van der Waals surface area contributed by atoms with Crippen LogP contribution in [0.2, 0.25) is 0 Å². The average molecular weight is 367 g/mol. The average Bonchev–Trinajstić information content (AvgIpc) is 2.67. The van der Waals surface area contributed by atoms with Crippen molar-refractivity contribution < 1.29 is 9.50 Å². The van der Waals surface area contributed by atoms with Gasteiger partial charge in [-0.1, -0.05) is 0 Å². The van der Waals surface area contributed by atoms with Gasteiger partial charge in [0, 0.05) is 18.2 Å². The molecule has 0 bridgehead atoms. The fourth-order valence-electron chi connectivity index (χ4n) is 3.56. The summed E-state index contributed by atoms with van der Waals surface area (Å²) in [5, 5.41) is 13.1. The Morgan fingerprint density at radius 3 is 2.74 bits per heavy atom. The lowest BCUT2D eigenvalue weighted by atomic mass is 9.93. The molecule has 2 heterocycles. The van der Waals surface area contributed by atoms with Gasteiger partial charge in [0.2, 0.25) is 0 Å². The molecule has 140 valence electrons. The first-order valence-electron chi connectivity index (χ1n) is 9.17. The number of nitrogen functional groups attached to an aromatic ring is 1. The summed E-state index contributed by atoms with van der Waals surface area (Å²) >= 11 is 0. The Balaban J connectivity index is 1.56. The van der Waals surface area contributed by atoms with Crippen LogP contribution in [-0.4, -0.2) is 32.2 Å². The third kappa shape index (κ3) is 4.04. The van der Waals surface area contributed by atoms with E-state index in [1.54, 1.807) is 0 Å². The molecule has 0 atom stereocenters. The number of fused-ring (bicyclic) bond motifs is 1. The van der Waals surface area contributed by atoms with Crippen molar-refractivity contribution in [1.82, 2.24) is 20.3 Å². The van der Waals surface area contributed by atoms with Crippen LogP contribution in [0.4, 0.5) is 10.2 Å². The van der Waals surface area contributed by atoms with Gasteiger partial charge < -0.3 is 16.2 Å². The van der Waals surface area contributed by atoms with Crippen molar-refractivity contribution >= 4 is 16.9 Å². The molecular formula is C20H22FN5O. The van der Waals surface area contributed by atoms with Gasteiger partial charge in [0.15, 0.2) is 5.82 Å². The molecule has 2 aromatic heterocycles. The van der Waals surface area contributed by atoms with E-state index in [0.29, 0.717) is 40.7 Å². The number of benzene rings is 1. The zero-order valence-electron chi connectivity index (χ0n) is 14.9. The van der Waals surface area contributed by atoms with Crippen LogP contribution in [0.15, 0.2) is 36.7 Å². The Hall–Kier alpha value is -2.64. The number of halogens is 1. The van der Waals surface area contributed by atoms with E-state index in [1.165, 1.54) is 18.5 Å². The van der Waals surface area contributed by atoms with Crippen LogP contribution in [0.25, 0.3) is 22.3 Å². The lowest BCUT2D eigenvalue weighted by molar-refractivity contribution is 0.116. The van der Waals surface area contributed by atoms with Crippen molar-refractivity contribution in [2.75, 3.05) is 5.73 Å². The number of pyridine rings is 1. The van der Waals surface area contributed by atoms with Crippen molar-refractivity contribution in [3.8, 4) is 11.3 Å². The maximum Gasteiger partial charge on any atom is 0.153 e. The van der Waals surface area contributed by atoms with Crippen LogP contribution in [0, 0.1) is 5.82 Å². The van der Waals surface area contributed by atoms with Crippen LogP contribution >= 0.6 is 0 Å². The standard InChI is InChI=1S/C20H22FN5O/c21-14-8-12(10-23-15-1-3-16(27)4-2-15)7-13(9-14)17-5-6-18-19(26-17)20(22)25-11-24-18/h5-9,11,15-16,23,27H,1-4,10H2,(H2,22,24,25). The van der Waals surface area contributed by atoms with E-state index >= 15 is 0 Å². The molecule has 7 heteroatoms. The highest BCUT2D eigenvalue weighted by Crippen LogP contribution is 2.24. The molecule has 1 fully saturated rings. The van der Waals surface area contributed by atoms with Crippen LogP contribution in [0.5, 0.6) is 0 Å². The molecule has 1 saturated carbocycles. The van der Waals surface area contributed by atoms with Crippen molar-refractivity contribution in [2.24, 2.45) is 0 Å². The van der Waals surface area contributed by atoms with Gasteiger partial charge in [-0.05, 0) is 61.6 Å². The summed E-state index contributed by atoms with van der Waals surface area (Å²) in [6.45, 7) is 0.574. The van der Waals surface area contributed by atoms with Crippen LogP contribution in [0.3, 0.4) is 0 Å². The summed E-state index contributed by atoms with van der Waals surface area (Å²) in [6.07, 6.45) is 4.73. The lowest BCUT2D eigenvalue weighted by Crippen LogP contribution is -2.34. The Morgan fingerprint density at radius 1 is 1.11 bits per heavy atom. The number of rotatable bonds is 4. The molecule has 27 heavy (non-hydrogen) atoms. The van der Waals surface area contributed by atoms with E-state index in [2.05, 4.69) is 20.3 Å². The topological polar surface area (TPSA) is 97.0 Å². The Morgan fingerprint density at radius 2 is 1.93 bits per heavy atom. The molecule has 0 aliphatic heterocycles. The monoisotopic (exact) mass is 367 g/mol. The third-order valence-electron chi connectivity index (χ3n) is 5.06. The van der Waals surface area contributed by atoms with E-state index in [-0.39, 0.29) is 11.9 Å². The minimum atomic E-state index is -0.303. The molecule has 4 N–H and O–H groups in total. The number of nitrogens with zero attached hydrogens (tertiary/aromatic N) is 3. The third-order valence-corrected chi connectivity index (χ3v) is 5.06. The smallest absolute Gasteiger partial charge is 0.153 e. The van der Waals surface area contributed by atoms with E-state index in [0.717, 1.165) is 31.2 Å². The summed E-state index contributed by atoms with van der Waals surface area (Å²) in [5.74, 6) is 0.00201. The maximum absolute atomic E-state index is 14.2. The largest absolute Gasteiger partial charge is 0.393 e. The predicted octanol–water partition coefficient (Wildman–Crippen LogP) is 2.81. The van der Waals surface area contributed by atoms with Crippen LogP contribution in [0.1, 0.15) is 31.2 Å². The quantitative estimate of drug-likeness (QED) is 0.656. The van der Waals surface area contributed by atoms with Crippen molar-refractivity contribution in [3.05, 3.63) is 48.0 Å². The lowest BCUT2D eigenvalue weighted by Gasteiger charge is -2.26. The minimum Gasteiger partial charge on any atom is -0.393 e. The number of nitrogens with one attached hydrogen (secondary N) is 1. The van der Waals surface area contributed by atoms with Gasteiger partial charge in [-0.15, -0.1) is 0 Å². The fourth-order valence-corrected chi connectivity index (χ4v) is 3.56. The molecule has 1 aromatic carbocycles. The number of aromatic nitrogens is 3. The maximum atomic E-state index is 14.2. The summed E-state index contributed by atoms with van der Waals surface area (Å²) in [6, 6.07) is 8.91. The number of hydrogen-bond donors (Lipinski definition) is 3. The second kappa shape index (κ2) is 7.54. The van der Waals surface area contributed by atoms with Gasteiger partial charge in [-0.25, -0.2) is 19.3 Å². The highest BCUT2D eigenvalue weighted by Gasteiger charge is 2.18. The van der Waals surface area contributed by atoms with E-state index < -0.39 is 0 Å². The predicted molar refractivity (Wildman–Crippen MR) is 102 cm³/mol. The van der Waals surface area contributed by atoms with Gasteiger partial charge >= 0.3 is 0 Å². The summed E-state index contributed by atoms with van der Waals surface area (Å²) in [4.78, 5) is 12.6. The normalized spacial score (nSPS) is 20.1. The molecule has 3 aromatic rings. The Bertz CT molecular complexity index is 956. The fraction of sp³-hybridized carbons (Fsp3) is 0.350. The number of anilines is 1. The Kier molecular flexibility index (Phi) is 4.96. The summed E-state index contributed by atoms with van der Waals surface area (Å²) < 4.78 is 14.2. The van der Waals surface area contributed by atoms with E-state index in [9.17, 15) is 9.50 Å². The van der Waals surface area contributed by atoms with Crippen LogP contribution in [-0.2, 0) is 6.54 Å². The highest BCUT2D eigenvalue weighted by atomic mass is 19.1. The zero-order valence-corrected chi connectivity index (χ0v) is 14.9. The zero-order chi connectivity index (χ0) is 18.8. The first-order chi connectivity index (χ1) is 13.1. The summed E-state index contributed by atoms with van der Waals surface area (Å²) in [5.41, 5.74) is 9.24. The number of aliphatic hydroxyl groups excluding tert-OH is 1. The molecule has 1 aliphatic rings. The molecule has 0 saturated heterocycles. The van der Waals surface area contributed by atoms with Gasteiger partial charge in [0.1, 0.15) is 17.7 Å². The van der Waals surface area contributed by atoms with Gasteiger partial charge in [-0.3, -0.25) is 0 Å². The molecule has 0 amide bonds. The summed E-state index contributed by atoms with van der Waals surface area (Å²) in [7, 11) is 0. The van der Waals surface area contributed by atoms with Gasteiger partial charge in [-0.2, -0.15) is 0 Å². The molecule has 6 nitrogen and oxygen atoms in total. The molecular weight excluding hydrogens is 345 g/mol. The Labute approximate surface area is 156 Å². The van der Waals surface area contributed by atoms with Crippen molar-refractivity contribution in [2.45, 2.75) is 44.4 Å². The molecule has 1 aliphatic carbocycles.